The second kappa shape index (κ2) is 8.76. The van der Waals surface area contributed by atoms with Crippen LogP contribution in [0.3, 0.4) is 0 Å². The van der Waals surface area contributed by atoms with Crippen molar-refractivity contribution in [2.75, 3.05) is 6.61 Å². The summed E-state index contributed by atoms with van der Waals surface area (Å²) >= 11 is 6.15. The number of ether oxygens (including phenoxy) is 1. The van der Waals surface area contributed by atoms with Crippen molar-refractivity contribution in [2.45, 2.75) is 0 Å². The van der Waals surface area contributed by atoms with Crippen LogP contribution in [-0.4, -0.2) is 22.5 Å². The topological polar surface area (TPSA) is 56.5 Å². The highest BCUT2D eigenvalue weighted by atomic mass is 35.5. The van der Waals surface area contributed by atoms with Crippen LogP contribution in [-0.2, 0) is 0 Å². The van der Waals surface area contributed by atoms with Crippen LogP contribution in [0.2, 0.25) is 5.02 Å². The summed E-state index contributed by atoms with van der Waals surface area (Å²) < 4.78 is 6.98. The summed E-state index contributed by atoms with van der Waals surface area (Å²) in [7, 11) is 0. The van der Waals surface area contributed by atoms with Gasteiger partial charge in [0.15, 0.2) is 5.82 Å². The second-order valence-corrected chi connectivity index (χ2v) is 6.90. The molecule has 0 unspecified atom stereocenters. The number of benzene rings is 3. The van der Waals surface area contributed by atoms with Crippen molar-refractivity contribution in [2.24, 2.45) is 5.10 Å². The molecule has 0 spiro atoms. The monoisotopic (exact) mass is 415 g/mol. The molecule has 0 fully saturated rings. The highest BCUT2D eigenvalue weighted by Crippen LogP contribution is 2.22. The molecule has 0 aliphatic heterocycles. The molecule has 4 rings (SSSR count). The molecule has 1 aromatic heterocycles. The number of hydrogen-bond acceptors (Lipinski definition) is 4. The third-order valence-corrected chi connectivity index (χ3v) is 4.66. The lowest BCUT2D eigenvalue weighted by Crippen LogP contribution is -2.20. The summed E-state index contributed by atoms with van der Waals surface area (Å²) in [6.45, 7) is 4.01. The fourth-order valence-electron chi connectivity index (χ4n) is 3.03. The molecule has 5 nitrogen and oxygen atoms in total. The lowest BCUT2D eigenvalue weighted by molar-refractivity contribution is 0.362. The summed E-state index contributed by atoms with van der Waals surface area (Å²) in [6, 6.07) is 21.9. The van der Waals surface area contributed by atoms with Crippen molar-refractivity contribution >= 4 is 28.7 Å². The molecule has 0 saturated heterocycles. The molecule has 30 heavy (non-hydrogen) atoms. The van der Waals surface area contributed by atoms with Crippen LogP contribution in [0.5, 0.6) is 5.75 Å². The zero-order valence-corrected chi connectivity index (χ0v) is 16.8. The Morgan fingerprint density at radius 3 is 2.63 bits per heavy atom. The first-order valence-corrected chi connectivity index (χ1v) is 9.70. The van der Waals surface area contributed by atoms with E-state index in [4.69, 9.17) is 16.3 Å². The predicted molar refractivity (Wildman–Crippen MR) is 122 cm³/mol. The van der Waals surface area contributed by atoms with E-state index in [1.807, 2.05) is 42.5 Å². The second-order valence-electron chi connectivity index (χ2n) is 6.46. The normalized spacial score (nSPS) is 11.1. The largest absolute Gasteiger partial charge is 0.489 e. The molecule has 0 saturated carbocycles. The van der Waals surface area contributed by atoms with Crippen LogP contribution in [0.15, 0.2) is 95.3 Å². The molecule has 1 heterocycles. The van der Waals surface area contributed by atoms with E-state index in [1.54, 1.807) is 42.6 Å². The average Bonchev–Trinajstić information content (AvgIpc) is 2.78. The van der Waals surface area contributed by atoms with Gasteiger partial charge in [0, 0.05) is 16.1 Å². The van der Waals surface area contributed by atoms with Gasteiger partial charge in [-0.25, -0.2) is 4.98 Å². The minimum atomic E-state index is -0.258. The number of para-hydroxylation sites is 1. The number of rotatable bonds is 6. The molecule has 0 aliphatic rings. The van der Waals surface area contributed by atoms with Crippen molar-refractivity contribution in [3.05, 3.63) is 106 Å². The van der Waals surface area contributed by atoms with Gasteiger partial charge in [-0.15, -0.1) is 0 Å². The summed E-state index contributed by atoms with van der Waals surface area (Å²) in [4.78, 5) is 17.9. The third-order valence-electron chi connectivity index (χ3n) is 4.43. The molecular weight excluding hydrogens is 398 g/mol. The van der Waals surface area contributed by atoms with E-state index < -0.39 is 0 Å². The van der Waals surface area contributed by atoms with Gasteiger partial charge in [0.2, 0.25) is 0 Å². The van der Waals surface area contributed by atoms with Gasteiger partial charge in [0.25, 0.3) is 5.56 Å². The Bertz CT molecular complexity index is 1300. The maximum atomic E-state index is 13.2. The number of fused-ring (bicyclic) bond motifs is 1. The van der Waals surface area contributed by atoms with E-state index in [0.717, 1.165) is 5.56 Å². The van der Waals surface area contributed by atoms with Crippen LogP contribution in [0.25, 0.3) is 22.3 Å². The van der Waals surface area contributed by atoms with Crippen LogP contribution >= 0.6 is 11.6 Å². The molecular formula is C24H18ClN3O2. The van der Waals surface area contributed by atoms with Crippen molar-refractivity contribution in [1.29, 1.82) is 0 Å². The molecule has 0 amide bonds. The van der Waals surface area contributed by atoms with Gasteiger partial charge in [-0.2, -0.15) is 9.78 Å². The van der Waals surface area contributed by atoms with Gasteiger partial charge in [0.05, 0.1) is 17.1 Å². The molecule has 148 valence electrons. The number of hydrogen-bond donors (Lipinski definition) is 0. The van der Waals surface area contributed by atoms with Crippen LogP contribution in [0.4, 0.5) is 0 Å². The first-order chi connectivity index (χ1) is 14.7. The maximum absolute atomic E-state index is 13.2. The Hall–Kier alpha value is -3.70. The minimum absolute atomic E-state index is 0.258. The number of nitrogens with zero attached hydrogens (tertiary/aromatic N) is 3. The van der Waals surface area contributed by atoms with Crippen LogP contribution < -0.4 is 10.3 Å². The molecule has 4 aromatic rings. The highest BCUT2D eigenvalue weighted by Gasteiger charge is 2.12. The van der Waals surface area contributed by atoms with E-state index >= 15 is 0 Å². The average molecular weight is 416 g/mol. The lowest BCUT2D eigenvalue weighted by atomic mass is 10.2. The maximum Gasteiger partial charge on any atom is 0.282 e. The standard InChI is InChI=1S/C24H18ClN3O2/c1-2-14-30-22-13-12-19(25)15-18(22)16-26-28-23(17-8-4-3-5-9-17)27-21-11-7-6-10-20(21)24(28)29/h2-13,15-16H,1,14H2. The predicted octanol–water partition coefficient (Wildman–Crippen LogP) is 5.16. The van der Waals surface area contributed by atoms with E-state index in [-0.39, 0.29) is 5.56 Å². The van der Waals surface area contributed by atoms with Gasteiger partial charge in [-0.1, -0.05) is 66.7 Å². The smallest absolute Gasteiger partial charge is 0.282 e. The van der Waals surface area contributed by atoms with E-state index in [0.29, 0.717) is 39.7 Å². The fraction of sp³-hybridized carbons (Fsp3) is 0.0417. The zero-order valence-electron chi connectivity index (χ0n) is 16.0. The molecule has 3 aromatic carbocycles. The molecule has 0 radical (unpaired) electrons. The van der Waals surface area contributed by atoms with E-state index in [1.165, 1.54) is 4.68 Å². The van der Waals surface area contributed by atoms with Crippen LogP contribution in [0.1, 0.15) is 5.56 Å². The molecule has 0 atom stereocenters. The third kappa shape index (κ3) is 4.02. The summed E-state index contributed by atoms with van der Waals surface area (Å²) in [5.41, 5.74) is 1.78. The van der Waals surface area contributed by atoms with Crippen molar-refractivity contribution in [1.82, 2.24) is 9.66 Å². The highest BCUT2D eigenvalue weighted by molar-refractivity contribution is 6.30. The Balaban J connectivity index is 1.89. The van der Waals surface area contributed by atoms with Gasteiger partial charge >= 0.3 is 0 Å². The summed E-state index contributed by atoms with van der Waals surface area (Å²) in [6.07, 6.45) is 3.20. The molecule has 0 aliphatic carbocycles. The quantitative estimate of drug-likeness (QED) is 0.322. The number of aromatic nitrogens is 2. The summed E-state index contributed by atoms with van der Waals surface area (Å²) in [5.74, 6) is 1.04. The minimum Gasteiger partial charge on any atom is -0.489 e. The fourth-order valence-corrected chi connectivity index (χ4v) is 3.21. The van der Waals surface area contributed by atoms with E-state index in [9.17, 15) is 4.79 Å². The Labute approximate surface area is 178 Å². The lowest BCUT2D eigenvalue weighted by Gasteiger charge is -2.10. The first-order valence-electron chi connectivity index (χ1n) is 9.32. The Morgan fingerprint density at radius 1 is 1.07 bits per heavy atom. The van der Waals surface area contributed by atoms with Gasteiger partial charge in [0.1, 0.15) is 12.4 Å². The van der Waals surface area contributed by atoms with Crippen molar-refractivity contribution < 1.29 is 4.74 Å². The molecule has 0 N–H and O–H groups in total. The Morgan fingerprint density at radius 2 is 1.83 bits per heavy atom. The van der Waals surface area contributed by atoms with E-state index in [2.05, 4.69) is 16.7 Å². The summed E-state index contributed by atoms with van der Waals surface area (Å²) in [5, 5.41) is 5.49. The SMILES string of the molecule is C=CCOc1ccc(Cl)cc1C=Nn1c(-c2ccccc2)nc2ccccc2c1=O. The molecule has 6 heteroatoms. The van der Waals surface area contributed by atoms with Gasteiger partial charge < -0.3 is 4.74 Å². The van der Waals surface area contributed by atoms with Crippen molar-refractivity contribution in [3.63, 3.8) is 0 Å². The zero-order chi connectivity index (χ0) is 20.9. The first kappa shape index (κ1) is 19.6. The van der Waals surface area contributed by atoms with Crippen LogP contribution in [0, 0.1) is 0 Å². The van der Waals surface area contributed by atoms with Gasteiger partial charge in [-0.05, 0) is 30.3 Å². The Kier molecular flexibility index (Phi) is 5.72. The molecule has 0 bridgehead atoms. The van der Waals surface area contributed by atoms with Gasteiger partial charge in [-0.3, -0.25) is 4.79 Å². The number of halogens is 1. The van der Waals surface area contributed by atoms with Crippen molar-refractivity contribution in [3.8, 4) is 17.1 Å².